The first-order chi connectivity index (χ1) is 33.2. The Labute approximate surface area is 423 Å². The van der Waals surface area contributed by atoms with Crippen LogP contribution in [0.4, 0.5) is 0 Å². The quantitative estimate of drug-likeness (QED) is 0.0564. The molecule has 9 nitrogen and oxygen atoms in total. The first-order valence-electron chi connectivity index (χ1n) is 29.8. The molecule has 9 heteroatoms. The molecular formula is C59H117N3O6. The Bertz CT molecular complexity index is 927. The number of amides is 3. The molecule has 0 saturated heterocycles. The number of nitrogens with zero attached hydrogens (tertiary/aromatic N) is 3. The van der Waals surface area contributed by atoms with Crippen molar-refractivity contribution in [2.45, 2.75) is 280 Å². The lowest BCUT2D eigenvalue weighted by atomic mass is 9.94. The first-order valence-corrected chi connectivity index (χ1v) is 29.8. The molecule has 0 N–H and O–H groups in total. The highest BCUT2D eigenvalue weighted by molar-refractivity contribution is 5.78. The van der Waals surface area contributed by atoms with E-state index in [0.29, 0.717) is 0 Å². The summed E-state index contributed by atoms with van der Waals surface area (Å²) in [5, 5.41) is 0. The molecule has 3 amide bonds. The molecule has 0 heterocycles. The average Bonchev–Trinajstić information content (AvgIpc) is 3.33. The van der Waals surface area contributed by atoms with Gasteiger partial charge in [0.2, 0.25) is 17.7 Å². The summed E-state index contributed by atoms with van der Waals surface area (Å²) >= 11 is 0. The second-order valence-electron chi connectivity index (χ2n) is 21.0. The molecular weight excluding hydrogens is 847 g/mol. The number of hydrogen-bond donors (Lipinski definition) is 0. The van der Waals surface area contributed by atoms with E-state index in [2.05, 4.69) is 41.5 Å². The summed E-state index contributed by atoms with van der Waals surface area (Å²) in [7, 11) is 0. The van der Waals surface area contributed by atoms with Gasteiger partial charge in [0, 0.05) is 44.7 Å². The Balaban J connectivity index is 5.91. The molecule has 0 bridgehead atoms. The van der Waals surface area contributed by atoms with Crippen molar-refractivity contribution in [1.82, 2.24) is 14.7 Å². The molecule has 0 aromatic rings. The zero-order valence-corrected chi connectivity index (χ0v) is 46.7. The lowest BCUT2D eigenvalue weighted by Gasteiger charge is -2.31. The molecule has 0 aromatic heterocycles. The standard InChI is InChI=1S/C59H117N3O6/c1-8-14-20-26-32-38-44-60(45-39-33-27-21-15-9-2)56(63)50-66-53-59(7,54-67-51-57(64)61(46-40-34-28-22-16-10-3)47-41-35-29-23-17-11-4)55-68-52-58(65)62(48-42-36-30-24-18-12-5)49-43-37-31-25-19-13-6/h8-55H2,1-7H3. The minimum Gasteiger partial charge on any atom is -0.371 e. The maximum atomic E-state index is 13.8. The predicted octanol–water partition coefficient (Wildman–Crippen LogP) is 15.7. The number of unbranched alkanes of at least 4 members (excludes halogenated alkanes) is 30. The molecule has 0 rings (SSSR count). The molecule has 0 aromatic carbocycles. The predicted molar refractivity (Wildman–Crippen MR) is 291 cm³/mol. The Hall–Kier alpha value is -1.71. The Morgan fingerprint density at radius 2 is 0.441 bits per heavy atom. The minimum atomic E-state index is -0.656. The third-order valence-corrected chi connectivity index (χ3v) is 13.8. The van der Waals surface area contributed by atoms with Crippen molar-refractivity contribution < 1.29 is 28.6 Å². The highest BCUT2D eigenvalue weighted by Gasteiger charge is 2.29. The van der Waals surface area contributed by atoms with Crippen LogP contribution >= 0.6 is 0 Å². The number of carbonyl (C=O) groups excluding carboxylic acids is 3. The highest BCUT2D eigenvalue weighted by Crippen LogP contribution is 2.20. The van der Waals surface area contributed by atoms with Crippen LogP contribution in [0.1, 0.15) is 280 Å². The van der Waals surface area contributed by atoms with E-state index in [-0.39, 0.29) is 57.4 Å². The van der Waals surface area contributed by atoms with Crippen molar-refractivity contribution in [2.24, 2.45) is 5.41 Å². The van der Waals surface area contributed by atoms with Crippen molar-refractivity contribution >= 4 is 17.7 Å². The number of carbonyl (C=O) groups is 3. The van der Waals surface area contributed by atoms with Crippen molar-refractivity contribution in [3.63, 3.8) is 0 Å². The van der Waals surface area contributed by atoms with Gasteiger partial charge in [0.25, 0.3) is 0 Å². The van der Waals surface area contributed by atoms with Crippen LogP contribution in [-0.4, -0.2) is 111 Å². The number of rotatable bonds is 54. The van der Waals surface area contributed by atoms with Crippen LogP contribution < -0.4 is 0 Å². The zero-order chi connectivity index (χ0) is 50.0. The molecule has 0 aliphatic carbocycles. The summed E-state index contributed by atoms with van der Waals surface area (Å²) in [4.78, 5) is 47.5. The molecule has 68 heavy (non-hydrogen) atoms. The normalized spacial score (nSPS) is 11.7. The molecule has 0 spiro atoms. The third-order valence-electron chi connectivity index (χ3n) is 13.8. The van der Waals surface area contributed by atoms with Crippen LogP contribution in [0, 0.1) is 5.41 Å². The van der Waals surface area contributed by atoms with Crippen LogP contribution in [0.25, 0.3) is 0 Å². The van der Waals surface area contributed by atoms with E-state index in [4.69, 9.17) is 14.2 Å². The van der Waals surface area contributed by atoms with Crippen molar-refractivity contribution in [1.29, 1.82) is 0 Å². The second-order valence-corrected chi connectivity index (χ2v) is 21.0. The summed E-state index contributed by atoms with van der Waals surface area (Å²) in [6.45, 7) is 20.9. The summed E-state index contributed by atoms with van der Waals surface area (Å²) in [6.07, 6.45) is 43.0. The molecule has 0 unspecified atom stereocenters. The fourth-order valence-corrected chi connectivity index (χ4v) is 9.13. The van der Waals surface area contributed by atoms with E-state index >= 15 is 0 Å². The van der Waals surface area contributed by atoms with Gasteiger partial charge in [0.15, 0.2) is 0 Å². The molecule has 0 fully saturated rings. The zero-order valence-electron chi connectivity index (χ0n) is 46.7. The van der Waals surface area contributed by atoms with Gasteiger partial charge >= 0.3 is 0 Å². The van der Waals surface area contributed by atoms with Gasteiger partial charge in [-0.05, 0) is 38.5 Å². The van der Waals surface area contributed by atoms with Gasteiger partial charge < -0.3 is 28.9 Å². The summed E-state index contributed by atoms with van der Waals surface area (Å²) in [5.74, 6) is 0.130. The Morgan fingerprint density at radius 3 is 0.618 bits per heavy atom. The minimum absolute atomic E-state index is 0.00764. The topological polar surface area (TPSA) is 88.6 Å². The summed E-state index contributed by atoms with van der Waals surface area (Å²) in [6, 6.07) is 0. The Morgan fingerprint density at radius 1 is 0.279 bits per heavy atom. The first kappa shape index (κ1) is 66.3. The lowest BCUT2D eigenvalue weighted by molar-refractivity contribution is -0.144. The van der Waals surface area contributed by atoms with Gasteiger partial charge in [-0.15, -0.1) is 0 Å². The summed E-state index contributed by atoms with van der Waals surface area (Å²) < 4.78 is 18.9. The van der Waals surface area contributed by atoms with Crippen LogP contribution in [-0.2, 0) is 28.6 Å². The summed E-state index contributed by atoms with van der Waals surface area (Å²) in [5.41, 5.74) is -0.656. The van der Waals surface area contributed by atoms with Gasteiger partial charge in [-0.25, -0.2) is 0 Å². The molecule has 404 valence electrons. The smallest absolute Gasteiger partial charge is 0.248 e. The van der Waals surface area contributed by atoms with E-state index in [9.17, 15) is 14.4 Å². The van der Waals surface area contributed by atoms with Crippen molar-refractivity contribution in [3.05, 3.63) is 0 Å². The lowest BCUT2D eigenvalue weighted by Crippen LogP contribution is -2.41. The van der Waals surface area contributed by atoms with E-state index < -0.39 is 5.41 Å². The SMILES string of the molecule is CCCCCCCCN(CCCCCCCC)C(=O)COCC(C)(COCC(=O)N(CCCCCCCC)CCCCCCCC)COCC(=O)N(CCCCCCCC)CCCCCCCC. The number of ether oxygens (including phenoxy) is 3. The van der Waals surface area contributed by atoms with Crippen molar-refractivity contribution in [2.75, 3.05) is 78.9 Å². The molecule has 0 aliphatic rings. The highest BCUT2D eigenvalue weighted by atomic mass is 16.5. The van der Waals surface area contributed by atoms with Crippen LogP contribution in [0.3, 0.4) is 0 Å². The van der Waals surface area contributed by atoms with Gasteiger partial charge in [-0.3, -0.25) is 14.4 Å². The molecule has 0 atom stereocenters. The molecule has 0 radical (unpaired) electrons. The fourth-order valence-electron chi connectivity index (χ4n) is 9.13. The maximum absolute atomic E-state index is 13.8. The molecule has 0 aliphatic heterocycles. The number of hydrogen-bond acceptors (Lipinski definition) is 6. The van der Waals surface area contributed by atoms with Gasteiger partial charge in [0.05, 0.1) is 19.8 Å². The largest absolute Gasteiger partial charge is 0.371 e. The third kappa shape index (κ3) is 41.0. The van der Waals surface area contributed by atoms with E-state index in [1.54, 1.807) is 0 Å². The average molecular weight is 965 g/mol. The Kier molecular flexibility index (Phi) is 49.0. The second kappa shape index (κ2) is 50.2. The monoisotopic (exact) mass is 964 g/mol. The van der Waals surface area contributed by atoms with Gasteiger partial charge in [-0.1, -0.05) is 241 Å². The molecule has 0 saturated carbocycles. The van der Waals surface area contributed by atoms with Crippen LogP contribution in [0.15, 0.2) is 0 Å². The van der Waals surface area contributed by atoms with Crippen LogP contribution in [0.2, 0.25) is 0 Å². The maximum Gasteiger partial charge on any atom is 0.248 e. The van der Waals surface area contributed by atoms with Gasteiger partial charge in [0.1, 0.15) is 19.8 Å². The fraction of sp³-hybridized carbons (Fsp3) is 0.949. The van der Waals surface area contributed by atoms with E-state index in [1.165, 1.54) is 154 Å². The van der Waals surface area contributed by atoms with Gasteiger partial charge in [-0.2, -0.15) is 0 Å². The van der Waals surface area contributed by atoms with E-state index in [0.717, 1.165) is 116 Å². The van der Waals surface area contributed by atoms with Crippen LogP contribution in [0.5, 0.6) is 0 Å². The van der Waals surface area contributed by atoms with Crippen molar-refractivity contribution in [3.8, 4) is 0 Å². The van der Waals surface area contributed by atoms with E-state index in [1.807, 2.05) is 21.6 Å².